The molecule has 0 bridgehead atoms. The number of H-pyrrole nitrogens is 1. The van der Waals surface area contributed by atoms with Crippen LogP contribution in [0, 0.1) is 19.7 Å². The average molecular weight is 368 g/mol. The largest absolute Gasteiger partial charge is 0.489 e. The third-order valence-corrected chi connectivity index (χ3v) is 4.62. The molecule has 3 aromatic heterocycles. The molecule has 1 fully saturated rings. The number of epoxide rings is 1. The lowest BCUT2D eigenvalue weighted by atomic mass is 10.2. The van der Waals surface area contributed by atoms with Gasteiger partial charge in [-0.1, -0.05) is 0 Å². The molecule has 0 radical (unpaired) electrons. The van der Waals surface area contributed by atoms with E-state index >= 15 is 0 Å². The molecule has 0 unspecified atom stereocenters. The number of nitrogens with zero attached hydrogens (tertiary/aromatic N) is 3. The van der Waals surface area contributed by atoms with Gasteiger partial charge in [-0.2, -0.15) is 10.1 Å². The average Bonchev–Trinajstić information content (AvgIpc) is 3.32. The van der Waals surface area contributed by atoms with Gasteiger partial charge in [-0.25, -0.2) is 8.91 Å². The standard InChI is InChI=1S/C19H17FN4O3/c1-10-5-13-14(23-10)3-4-15(17(13)20)27-19-18-11(2)16(26-8-12-7-25-12)6-24(18)22-9-21-19/h3-6,9,12,23H,7-8H2,1-2H3/t12-/m0/s1. The van der Waals surface area contributed by atoms with Crippen molar-refractivity contribution < 1.29 is 18.6 Å². The van der Waals surface area contributed by atoms with Crippen LogP contribution in [0.2, 0.25) is 0 Å². The summed E-state index contributed by atoms with van der Waals surface area (Å²) >= 11 is 0. The van der Waals surface area contributed by atoms with E-state index in [9.17, 15) is 4.39 Å². The lowest BCUT2D eigenvalue weighted by molar-refractivity contribution is 0.262. The molecular formula is C19H17FN4O3. The molecule has 1 saturated heterocycles. The molecule has 0 aliphatic carbocycles. The molecule has 5 rings (SSSR count). The first-order valence-corrected chi connectivity index (χ1v) is 8.63. The zero-order chi connectivity index (χ0) is 18.5. The Balaban J connectivity index is 1.53. The van der Waals surface area contributed by atoms with E-state index in [2.05, 4.69) is 15.1 Å². The van der Waals surface area contributed by atoms with Crippen molar-refractivity contribution in [3.05, 3.63) is 47.8 Å². The summed E-state index contributed by atoms with van der Waals surface area (Å²) in [4.78, 5) is 7.31. The molecule has 4 aromatic rings. The van der Waals surface area contributed by atoms with Crippen LogP contribution in [0.5, 0.6) is 17.4 Å². The van der Waals surface area contributed by atoms with E-state index in [1.807, 2.05) is 13.8 Å². The molecule has 8 heteroatoms. The van der Waals surface area contributed by atoms with Crippen molar-refractivity contribution >= 4 is 16.4 Å². The molecule has 0 saturated carbocycles. The third kappa shape index (κ3) is 2.78. The number of aryl methyl sites for hydroxylation is 2. The lowest BCUT2D eigenvalue weighted by Gasteiger charge is -2.08. The number of rotatable bonds is 5. The zero-order valence-electron chi connectivity index (χ0n) is 14.8. The fourth-order valence-corrected chi connectivity index (χ4v) is 3.14. The van der Waals surface area contributed by atoms with Crippen LogP contribution in [0.4, 0.5) is 4.39 Å². The minimum Gasteiger partial charge on any atom is -0.489 e. The van der Waals surface area contributed by atoms with Gasteiger partial charge >= 0.3 is 0 Å². The Hall–Kier alpha value is -3.13. The first-order valence-electron chi connectivity index (χ1n) is 8.63. The number of hydrogen-bond donors (Lipinski definition) is 1. The molecule has 1 N–H and O–H groups in total. The van der Waals surface area contributed by atoms with Gasteiger partial charge in [-0.05, 0) is 32.0 Å². The summed E-state index contributed by atoms with van der Waals surface area (Å²) in [5, 5.41) is 4.68. The number of fused-ring (bicyclic) bond motifs is 2. The summed E-state index contributed by atoms with van der Waals surface area (Å²) in [6.45, 7) is 4.98. The molecule has 0 amide bonds. The van der Waals surface area contributed by atoms with Crippen LogP contribution in [-0.2, 0) is 4.74 Å². The number of aromatic amines is 1. The minimum absolute atomic E-state index is 0.108. The van der Waals surface area contributed by atoms with E-state index in [0.29, 0.717) is 23.3 Å². The van der Waals surface area contributed by atoms with Crippen LogP contribution >= 0.6 is 0 Å². The molecule has 27 heavy (non-hydrogen) atoms. The Labute approximate surface area is 153 Å². The van der Waals surface area contributed by atoms with Crippen molar-refractivity contribution in [2.45, 2.75) is 20.0 Å². The minimum atomic E-state index is -0.430. The second-order valence-corrected chi connectivity index (χ2v) is 6.64. The Bertz CT molecular complexity index is 1160. The van der Waals surface area contributed by atoms with Gasteiger partial charge in [0.25, 0.3) is 0 Å². The van der Waals surface area contributed by atoms with Gasteiger partial charge in [-0.15, -0.1) is 0 Å². The van der Waals surface area contributed by atoms with Gasteiger partial charge in [0.2, 0.25) is 5.88 Å². The predicted molar refractivity (Wildman–Crippen MR) is 96.0 cm³/mol. The van der Waals surface area contributed by atoms with Crippen LogP contribution in [0.3, 0.4) is 0 Å². The van der Waals surface area contributed by atoms with E-state index in [1.165, 1.54) is 6.33 Å². The second kappa shape index (κ2) is 5.95. The molecule has 1 aliphatic heterocycles. The molecule has 7 nitrogen and oxygen atoms in total. The van der Waals surface area contributed by atoms with Gasteiger partial charge in [0.05, 0.1) is 12.8 Å². The van der Waals surface area contributed by atoms with Crippen LogP contribution in [-0.4, -0.2) is 38.9 Å². The van der Waals surface area contributed by atoms with Crippen molar-refractivity contribution in [2.24, 2.45) is 0 Å². The highest BCUT2D eigenvalue weighted by atomic mass is 19.1. The molecule has 0 spiro atoms. The van der Waals surface area contributed by atoms with E-state index < -0.39 is 5.82 Å². The number of halogens is 1. The maximum atomic E-state index is 14.9. The quantitative estimate of drug-likeness (QED) is 0.545. The molecular weight excluding hydrogens is 351 g/mol. The van der Waals surface area contributed by atoms with Gasteiger partial charge in [-0.3, -0.25) is 0 Å². The first kappa shape index (κ1) is 16.1. The van der Waals surface area contributed by atoms with E-state index in [4.69, 9.17) is 14.2 Å². The Morgan fingerprint density at radius 1 is 1.33 bits per heavy atom. The summed E-state index contributed by atoms with van der Waals surface area (Å²) in [7, 11) is 0. The van der Waals surface area contributed by atoms with Crippen molar-refractivity contribution in [1.82, 2.24) is 19.6 Å². The lowest BCUT2D eigenvalue weighted by Crippen LogP contribution is -2.03. The summed E-state index contributed by atoms with van der Waals surface area (Å²) in [5.74, 6) is 0.621. The van der Waals surface area contributed by atoms with Gasteiger partial charge in [0.15, 0.2) is 11.6 Å². The molecule has 1 aliphatic rings. The zero-order valence-corrected chi connectivity index (χ0v) is 14.8. The Morgan fingerprint density at radius 3 is 3.00 bits per heavy atom. The maximum absolute atomic E-state index is 14.9. The summed E-state index contributed by atoms with van der Waals surface area (Å²) < 4.78 is 33.3. The smallest absolute Gasteiger partial charge is 0.247 e. The highest BCUT2D eigenvalue weighted by Crippen LogP contribution is 2.34. The highest BCUT2D eigenvalue weighted by molar-refractivity contribution is 5.83. The summed E-state index contributed by atoms with van der Waals surface area (Å²) in [6, 6.07) is 5.13. The Kier molecular flexibility index (Phi) is 3.54. The monoisotopic (exact) mass is 368 g/mol. The number of ether oxygens (including phenoxy) is 3. The first-order chi connectivity index (χ1) is 13.1. The van der Waals surface area contributed by atoms with Crippen molar-refractivity contribution in [3.63, 3.8) is 0 Å². The van der Waals surface area contributed by atoms with Gasteiger partial charge < -0.3 is 19.2 Å². The maximum Gasteiger partial charge on any atom is 0.247 e. The predicted octanol–water partition coefficient (Wildman–Crippen LogP) is 3.54. The number of nitrogens with one attached hydrogen (secondary N) is 1. The molecule has 138 valence electrons. The van der Waals surface area contributed by atoms with Crippen LogP contribution < -0.4 is 9.47 Å². The summed E-state index contributed by atoms with van der Waals surface area (Å²) in [5.41, 5.74) is 3.07. The van der Waals surface area contributed by atoms with Gasteiger partial charge in [0, 0.05) is 22.2 Å². The fraction of sp³-hybridized carbons (Fsp3) is 0.263. The summed E-state index contributed by atoms with van der Waals surface area (Å²) in [6.07, 6.45) is 3.28. The third-order valence-electron chi connectivity index (χ3n) is 4.62. The number of hydrogen-bond acceptors (Lipinski definition) is 5. The van der Waals surface area contributed by atoms with Crippen LogP contribution in [0.15, 0.2) is 30.7 Å². The number of aromatic nitrogens is 4. The van der Waals surface area contributed by atoms with E-state index in [1.54, 1.807) is 28.9 Å². The van der Waals surface area contributed by atoms with Crippen molar-refractivity contribution in [1.29, 1.82) is 0 Å². The normalized spacial score (nSPS) is 16.2. The topological polar surface area (TPSA) is 77.0 Å². The highest BCUT2D eigenvalue weighted by Gasteiger charge is 2.24. The molecule has 4 heterocycles. The van der Waals surface area contributed by atoms with Crippen molar-refractivity contribution in [3.8, 4) is 17.4 Å². The van der Waals surface area contributed by atoms with Gasteiger partial charge in [0.1, 0.15) is 30.3 Å². The SMILES string of the molecule is Cc1cc2c(F)c(Oc3ncnn4cc(OC[C@@H]5CO5)c(C)c34)ccc2[nH]1. The molecule has 1 atom stereocenters. The molecule has 1 aromatic carbocycles. The number of benzene rings is 1. The second-order valence-electron chi connectivity index (χ2n) is 6.64. The van der Waals surface area contributed by atoms with E-state index in [0.717, 1.165) is 23.4 Å². The van der Waals surface area contributed by atoms with Crippen molar-refractivity contribution in [2.75, 3.05) is 13.2 Å². The van der Waals surface area contributed by atoms with Crippen LogP contribution in [0.1, 0.15) is 11.3 Å². The van der Waals surface area contributed by atoms with E-state index in [-0.39, 0.29) is 17.7 Å². The Morgan fingerprint density at radius 2 is 2.19 bits per heavy atom. The fourth-order valence-electron chi connectivity index (χ4n) is 3.14. The van der Waals surface area contributed by atoms with Crippen LogP contribution in [0.25, 0.3) is 16.4 Å².